The number of nitrogens with two attached hydrogens (primary N) is 2. The molecule has 0 aliphatic carbocycles. The van der Waals surface area contributed by atoms with Crippen LogP contribution in [0.5, 0.6) is 0 Å². The van der Waals surface area contributed by atoms with Crippen LogP contribution in [0.1, 0.15) is 0 Å². The number of rotatable bonds is 3. The van der Waals surface area contributed by atoms with Crippen LogP contribution in [0.25, 0.3) is 0 Å². The van der Waals surface area contributed by atoms with Crippen LogP contribution in [0.3, 0.4) is 0 Å². The summed E-state index contributed by atoms with van der Waals surface area (Å²) in [5.74, 6) is -2.63. The summed E-state index contributed by atoms with van der Waals surface area (Å²) in [6, 6.07) is 6.44. The van der Waals surface area contributed by atoms with Gasteiger partial charge in [0.15, 0.2) is 5.96 Å². The monoisotopic (exact) mass is 217 g/mol. The third-order valence-electron chi connectivity index (χ3n) is 1.33. The lowest BCUT2D eigenvalue weighted by Gasteiger charge is -2.03. The van der Waals surface area contributed by atoms with Gasteiger partial charge in [-0.3, -0.25) is 0 Å². The minimum Gasteiger partial charge on any atom is -0.370 e. The van der Waals surface area contributed by atoms with Gasteiger partial charge in [-0.05, 0) is 12.1 Å². The van der Waals surface area contributed by atoms with Gasteiger partial charge in [-0.2, -0.15) is 8.78 Å². The fraction of sp³-hybridized carbons (Fsp3) is 0.125. The van der Waals surface area contributed by atoms with Crippen molar-refractivity contribution in [1.29, 1.82) is 0 Å². The van der Waals surface area contributed by atoms with E-state index in [4.69, 9.17) is 11.5 Å². The molecule has 0 spiro atoms. The van der Waals surface area contributed by atoms with Crippen molar-refractivity contribution >= 4 is 23.4 Å². The molecule has 1 rings (SSSR count). The van der Waals surface area contributed by atoms with Crippen LogP contribution in [0.2, 0.25) is 0 Å². The molecule has 1 aromatic rings. The van der Waals surface area contributed by atoms with Crippen molar-refractivity contribution in [2.75, 3.05) is 0 Å². The highest BCUT2D eigenvalue weighted by atomic mass is 32.2. The Hall–Kier alpha value is -1.30. The van der Waals surface area contributed by atoms with Crippen molar-refractivity contribution in [3.05, 3.63) is 24.3 Å². The summed E-state index contributed by atoms with van der Waals surface area (Å²) in [5, 5.41) is 0. The average Bonchev–Trinajstić information content (AvgIpc) is 2.06. The van der Waals surface area contributed by atoms with Gasteiger partial charge < -0.3 is 11.5 Å². The van der Waals surface area contributed by atoms with Crippen LogP contribution in [0.4, 0.5) is 14.5 Å². The Bertz CT molecular complexity index is 337. The number of nitrogens with zero attached hydrogens (tertiary/aromatic N) is 1. The first-order valence-electron chi connectivity index (χ1n) is 3.73. The zero-order valence-corrected chi connectivity index (χ0v) is 7.97. The summed E-state index contributed by atoms with van der Waals surface area (Å²) in [7, 11) is 0. The molecule has 0 atom stereocenters. The van der Waals surface area contributed by atoms with E-state index in [1.54, 1.807) is 24.3 Å². The zero-order valence-electron chi connectivity index (χ0n) is 7.15. The molecule has 0 saturated carbocycles. The summed E-state index contributed by atoms with van der Waals surface area (Å²) >= 11 is 0.416. The number of benzene rings is 1. The SMILES string of the molecule is NC(N)=Nc1ccccc1SC(F)F. The number of aliphatic imine (C=N–C) groups is 1. The number of para-hydroxylation sites is 1. The quantitative estimate of drug-likeness (QED) is 0.461. The molecule has 6 heteroatoms. The number of hydrogen-bond acceptors (Lipinski definition) is 2. The second-order valence-corrected chi connectivity index (χ2v) is 3.41. The van der Waals surface area contributed by atoms with Crippen molar-refractivity contribution in [2.45, 2.75) is 10.7 Å². The molecule has 0 radical (unpaired) electrons. The van der Waals surface area contributed by atoms with Crippen molar-refractivity contribution < 1.29 is 8.78 Å². The molecule has 0 unspecified atom stereocenters. The van der Waals surface area contributed by atoms with Gasteiger partial charge in [0.2, 0.25) is 0 Å². The number of alkyl halides is 2. The topological polar surface area (TPSA) is 64.4 Å². The molecule has 14 heavy (non-hydrogen) atoms. The number of halogens is 2. The Morgan fingerprint density at radius 3 is 2.50 bits per heavy atom. The highest BCUT2D eigenvalue weighted by Crippen LogP contribution is 2.33. The molecule has 0 saturated heterocycles. The summed E-state index contributed by atoms with van der Waals surface area (Å²) in [4.78, 5) is 4.09. The Morgan fingerprint density at radius 1 is 1.29 bits per heavy atom. The van der Waals surface area contributed by atoms with Crippen LogP contribution in [-0.2, 0) is 0 Å². The first-order valence-corrected chi connectivity index (χ1v) is 4.61. The predicted octanol–water partition coefficient (Wildman–Crippen LogP) is 1.91. The summed E-state index contributed by atoms with van der Waals surface area (Å²) in [5.41, 5.74) is 10.7. The smallest absolute Gasteiger partial charge is 0.288 e. The minimum absolute atomic E-state index is 0.146. The Morgan fingerprint density at radius 2 is 1.93 bits per heavy atom. The third-order valence-corrected chi connectivity index (χ3v) is 2.11. The predicted molar refractivity (Wildman–Crippen MR) is 53.8 cm³/mol. The molecular formula is C8H9F2N3S. The molecule has 0 aliphatic heterocycles. The van der Waals surface area contributed by atoms with E-state index in [-0.39, 0.29) is 5.96 Å². The molecule has 0 bridgehead atoms. The van der Waals surface area contributed by atoms with Crippen LogP contribution < -0.4 is 11.5 Å². The summed E-state index contributed by atoms with van der Waals surface area (Å²) in [6.45, 7) is 0. The average molecular weight is 217 g/mol. The van der Waals surface area contributed by atoms with Crippen molar-refractivity contribution in [1.82, 2.24) is 0 Å². The number of thioether (sulfide) groups is 1. The Labute approximate surface area is 84.2 Å². The number of hydrogen-bond donors (Lipinski definition) is 2. The molecular weight excluding hydrogens is 208 g/mol. The maximum atomic E-state index is 12.1. The normalized spacial score (nSPS) is 10.2. The molecule has 4 N–H and O–H groups in total. The van der Waals surface area contributed by atoms with Gasteiger partial charge in [0.05, 0.1) is 5.69 Å². The van der Waals surface area contributed by atoms with Gasteiger partial charge in [0.1, 0.15) is 0 Å². The highest BCUT2D eigenvalue weighted by Gasteiger charge is 2.08. The molecule has 0 aromatic heterocycles. The van der Waals surface area contributed by atoms with E-state index in [0.717, 1.165) is 0 Å². The fourth-order valence-corrected chi connectivity index (χ4v) is 1.47. The van der Waals surface area contributed by atoms with Gasteiger partial charge in [-0.15, -0.1) is 0 Å². The molecule has 1 aromatic carbocycles. The standard InChI is InChI=1S/C8H9F2N3S/c9-7(10)14-6-4-2-1-3-5(6)13-8(11)12/h1-4,7H,(H4,11,12,13). The molecule has 0 aliphatic rings. The van der Waals surface area contributed by atoms with E-state index in [2.05, 4.69) is 4.99 Å². The van der Waals surface area contributed by atoms with E-state index in [1.165, 1.54) is 0 Å². The molecule has 0 fully saturated rings. The maximum absolute atomic E-state index is 12.1. The molecule has 3 nitrogen and oxygen atoms in total. The lowest BCUT2D eigenvalue weighted by atomic mass is 10.3. The maximum Gasteiger partial charge on any atom is 0.288 e. The van der Waals surface area contributed by atoms with E-state index in [9.17, 15) is 8.78 Å². The largest absolute Gasteiger partial charge is 0.370 e. The van der Waals surface area contributed by atoms with Gasteiger partial charge in [-0.1, -0.05) is 23.9 Å². The van der Waals surface area contributed by atoms with Gasteiger partial charge in [0, 0.05) is 4.90 Å². The summed E-state index contributed by atoms with van der Waals surface area (Å²) in [6.07, 6.45) is 0. The lowest BCUT2D eigenvalue weighted by Crippen LogP contribution is -2.21. The first kappa shape index (κ1) is 10.8. The van der Waals surface area contributed by atoms with Gasteiger partial charge in [0.25, 0.3) is 5.76 Å². The second kappa shape index (κ2) is 4.80. The zero-order chi connectivity index (χ0) is 10.6. The van der Waals surface area contributed by atoms with Gasteiger partial charge in [-0.25, -0.2) is 4.99 Å². The number of guanidine groups is 1. The van der Waals surface area contributed by atoms with Crippen LogP contribution in [0.15, 0.2) is 34.2 Å². The second-order valence-electron chi connectivity index (χ2n) is 2.38. The van der Waals surface area contributed by atoms with Crippen molar-refractivity contribution in [2.24, 2.45) is 16.5 Å². The van der Waals surface area contributed by atoms with Crippen LogP contribution in [0, 0.1) is 0 Å². The lowest BCUT2D eigenvalue weighted by molar-refractivity contribution is 0.252. The molecule has 0 heterocycles. The van der Waals surface area contributed by atoms with E-state index in [0.29, 0.717) is 22.3 Å². The first-order chi connectivity index (χ1) is 6.59. The third kappa shape index (κ3) is 3.21. The van der Waals surface area contributed by atoms with E-state index >= 15 is 0 Å². The van der Waals surface area contributed by atoms with Gasteiger partial charge >= 0.3 is 0 Å². The Kier molecular flexibility index (Phi) is 3.70. The van der Waals surface area contributed by atoms with Crippen LogP contribution >= 0.6 is 11.8 Å². The fourth-order valence-electron chi connectivity index (χ4n) is 0.884. The van der Waals surface area contributed by atoms with Crippen molar-refractivity contribution in [3.63, 3.8) is 0 Å². The molecule has 0 amide bonds. The Balaban J connectivity index is 2.97. The van der Waals surface area contributed by atoms with Crippen molar-refractivity contribution in [3.8, 4) is 0 Å². The summed E-state index contributed by atoms with van der Waals surface area (Å²) < 4.78 is 24.2. The molecule has 76 valence electrons. The minimum atomic E-state index is -2.48. The highest BCUT2D eigenvalue weighted by molar-refractivity contribution is 7.99. The van der Waals surface area contributed by atoms with Crippen LogP contribution in [-0.4, -0.2) is 11.7 Å². The van der Waals surface area contributed by atoms with E-state index in [1.807, 2.05) is 0 Å². The van der Waals surface area contributed by atoms with E-state index < -0.39 is 5.76 Å².